The Hall–Kier alpha value is -3.87. The number of fused-ring (bicyclic) bond motifs is 1. The minimum absolute atomic E-state index is 0.00817. The molecule has 0 spiro atoms. The highest BCUT2D eigenvalue weighted by molar-refractivity contribution is 6.05. The normalized spacial score (nSPS) is 10.9. The van der Waals surface area contributed by atoms with E-state index in [0.29, 0.717) is 22.8 Å². The van der Waals surface area contributed by atoms with E-state index in [1.165, 1.54) is 4.52 Å². The smallest absolute Gasteiger partial charge is 0.285 e. The number of aromatic nitrogens is 3. The molecule has 2 aromatic heterocycles. The number of H-pyrrole nitrogens is 1. The topological polar surface area (TPSA) is 88.5 Å². The van der Waals surface area contributed by atoms with Crippen LogP contribution in [0.2, 0.25) is 0 Å². The largest absolute Gasteiger partial charge is 0.497 e. The molecule has 0 bridgehead atoms. The van der Waals surface area contributed by atoms with Crippen LogP contribution in [0.4, 0.5) is 5.69 Å². The zero-order valence-corrected chi connectivity index (χ0v) is 16.3. The zero-order valence-electron chi connectivity index (χ0n) is 16.3. The summed E-state index contributed by atoms with van der Waals surface area (Å²) in [6, 6.07) is 16.7. The first-order valence-corrected chi connectivity index (χ1v) is 9.12. The number of hydrogen-bond acceptors (Lipinski definition) is 4. The van der Waals surface area contributed by atoms with Crippen molar-refractivity contribution in [3.63, 3.8) is 0 Å². The third-order valence-electron chi connectivity index (χ3n) is 4.76. The van der Waals surface area contributed by atoms with E-state index in [0.717, 1.165) is 16.8 Å². The van der Waals surface area contributed by atoms with Crippen LogP contribution < -0.4 is 15.6 Å². The molecular formula is C22H20N4O3. The van der Waals surface area contributed by atoms with Gasteiger partial charge in [0, 0.05) is 23.0 Å². The predicted octanol–water partition coefficient (Wildman–Crippen LogP) is 3.57. The minimum atomic E-state index is -0.517. The second kappa shape index (κ2) is 7.27. The number of carbonyl (C=O) groups excluding carboxylic acids is 1. The van der Waals surface area contributed by atoms with Crippen molar-refractivity contribution in [3.05, 3.63) is 81.9 Å². The lowest BCUT2D eigenvalue weighted by Gasteiger charge is -2.09. The number of amides is 1. The summed E-state index contributed by atoms with van der Waals surface area (Å²) in [5.41, 5.74) is 3.52. The molecule has 0 unspecified atom stereocenters. The van der Waals surface area contributed by atoms with Gasteiger partial charge in [-0.2, -0.15) is 0 Å². The summed E-state index contributed by atoms with van der Waals surface area (Å²) < 4.78 is 6.50. The van der Waals surface area contributed by atoms with Gasteiger partial charge in [-0.05, 0) is 31.5 Å². The van der Waals surface area contributed by atoms with Gasteiger partial charge in [0.05, 0.1) is 12.8 Å². The Labute approximate surface area is 167 Å². The molecule has 0 atom stereocenters. The van der Waals surface area contributed by atoms with Crippen molar-refractivity contribution in [2.45, 2.75) is 13.8 Å². The zero-order chi connectivity index (χ0) is 20.5. The van der Waals surface area contributed by atoms with Crippen molar-refractivity contribution < 1.29 is 9.53 Å². The van der Waals surface area contributed by atoms with Crippen molar-refractivity contribution in [1.29, 1.82) is 0 Å². The Morgan fingerprint density at radius 3 is 2.59 bits per heavy atom. The maximum Gasteiger partial charge on any atom is 0.285 e. The van der Waals surface area contributed by atoms with E-state index in [-0.39, 0.29) is 5.56 Å². The number of anilines is 1. The molecule has 4 rings (SSSR count). The van der Waals surface area contributed by atoms with Gasteiger partial charge in [-0.1, -0.05) is 36.4 Å². The number of benzene rings is 2. The summed E-state index contributed by atoms with van der Waals surface area (Å²) in [5.74, 6) is 0.0912. The van der Waals surface area contributed by atoms with Crippen molar-refractivity contribution >= 4 is 17.2 Å². The molecule has 2 heterocycles. The highest BCUT2D eigenvalue weighted by Crippen LogP contribution is 2.26. The van der Waals surface area contributed by atoms with Gasteiger partial charge in [0.1, 0.15) is 11.3 Å². The first-order valence-electron chi connectivity index (χ1n) is 9.12. The number of aryl methyl sites for hydroxylation is 2. The molecule has 0 radical (unpaired) electrons. The van der Waals surface area contributed by atoms with Crippen molar-refractivity contribution in [3.8, 4) is 16.9 Å². The predicted molar refractivity (Wildman–Crippen MR) is 112 cm³/mol. The van der Waals surface area contributed by atoms with Gasteiger partial charge < -0.3 is 10.1 Å². The monoisotopic (exact) mass is 388 g/mol. The maximum absolute atomic E-state index is 13.1. The van der Waals surface area contributed by atoms with Gasteiger partial charge in [-0.25, -0.2) is 9.50 Å². The first-order chi connectivity index (χ1) is 14.0. The number of methoxy groups -OCH3 is 1. The third kappa shape index (κ3) is 3.27. The van der Waals surface area contributed by atoms with Gasteiger partial charge in [0.25, 0.3) is 11.5 Å². The highest BCUT2D eigenvalue weighted by Gasteiger charge is 2.21. The van der Waals surface area contributed by atoms with E-state index in [4.69, 9.17) is 4.74 Å². The molecule has 1 amide bonds. The average molecular weight is 388 g/mol. The van der Waals surface area contributed by atoms with E-state index in [1.54, 1.807) is 38.3 Å². The van der Waals surface area contributed by atoms with E-state index in [2.05, 4.69) is 15.4 Å². The van der Waals surface area contributed by atoms with Crippen LogP contribution in [0.25, 0.3) is 16.8 Å². The SMILES string of the molecule is COc1cccc(NC(=O)c2c(C)nc3c(-c4ccccc4)c(C)[nH]n3c2=O)c1. The molecule has 7 nitrogen and oxygen atoms in total. The molecule has 29 heavy (non-hydrogen) atoms. The summed E-state index contributed by atoms with van der Waals surface area (Å²) in [5, 5.41) is 5.79. The van der Waals surface area contributed by atoms with Crippen molar-refractivity contribution in [2.75, 3.05) is 12.4 Å². The molecular weight excluding hydrogens is 368 g/mol. The van der Waals surface area contributed by atoms with Crippen LogP contribution in [-0.2, 0) is 0 Å². The minimum Gasteiger partial charge on any atom is -0.497 e. The Morgan fingerprint density at radius 2 is 1.86 bits per heavy atom. The molecule has 2 N–H and O–H groups in total. The third-order valence-corrected chi connectivity index (χ3v) is 4.76. The van der Waals surface area contributed by atoms with Gasteiger partial charge in [-0.15, -0.1) is 0 Å². The van der Waals surface area contributed by atoms with Gasteiger partial charge in [-0.3, -0.25) is 14.7 Å². The van der Waals surface area contributed by atoms with Crippen molar-refractivity contribution in [2.24, 2.45) is 0 Å². The number of nitrogens with zero attached hydrogens (tertiary/aromatic N) is 2. The second-order valence-corrected chi connectivity index (χ2v) is 6.70. The molecule has 0 saturated carbocycles. The van der Waals surface area contributed by atoms with Gasteiger partial charge in [0.15, 0.2) is 5.65 Å². The molecule has 0 aliphatic heterocycles. The fourth-order valence-corrected chi connectivity index (χ4v) is 3.40. The summed E-state index contributed by atoms with van der Waals surface area (Å²) in [4.78, 5) is 30.5. The van der Waals surface area contributed by atoms with Crippen LogP contribution in [0.5, 0.6) is 5.75 Å². The lowest BCUT2D eigenvalue weighted by atomic mass is 10.1. The van der Waals surface area contributed by atoms with E-state index < -0.39 is 11.5 Å². The van der Waals surface area contributed by atoms with Crippen LogP contribution in [0.3, 0.4) is 0 Å². The van der Waals surface area contributed by atoms with E-state index in [9.17, 15) is 9.59 Å². The van der Waals surface area contributed by atoms with Crippen LogP contribution in [0.15, 0.2) is 59.4 Å². The molecule has 146 valence electrons. The van der Waals surface area contributed by atoms with Crippen LogP contribution in [0, 0.1) is 13.8 Å². The highest BCUT2D eigenvalue weighted by atomic mass is 16.5. The molecule has 2 aromatic carbocycles. The molecule has 0 aliphatic carbocycles. The number of hydrogen-bond donors (Lipinski definition) is 2. The maximum atomic E-state index is 13.1. The molecule has 0 fully saturated rings. The number of carbonyl (C=O) groups is 1. The van der Waals surface area contributed by atoms with Crippen molar-refractivity contribution in [1.82, 2.24) is 14.6 Å². The summed E-state index contributed by atoms with van der Waals surface area (Å²) in [6.07, 6.45) is 0. The van der Waals surface area contributed by atoms with Crippen LogP contribution in [-0.4, -0.2) is 27.6 Å². The lowest BCUT2D eigenvalue weighted by molar-refractivity contribution is 0.102. The summed E-state index contributed by atoms with van der Waals surface area (Å²) in [6.45, 7) is 3.54. The van der Waals surface area contributed by atoms with Crippen LogP contribution >= 0.6 is 0 Å². The summed E-state index contributed by atoms with van der Waals surface area (Å²) >= 11 is 0. The Bertz CT molecular complexity index is 1270. The molecule has 7 heteroatoms. The Morgan fingerprint density at radius 1 is 1.10 bits per heavy atom. The number of rotatable bonds is 4. The molecule has 4 aromatic rings. The second-order valence-electron chi connectivity index (χ2n) is 6.70. The van der Waals surface area contributed by atoms with Gasteiger partial charge >= 0.3 is 0 Å². The Kier molecular flexibility index (Phi) is 4.64. The summed E-state index contributed by atoms with van der Waals surface area (Å²) in [7, 11) is 1.55. The molecule has 0 aliphatic rings. The number of nitrogens with one attached hydrogen (secondary N) is 2. The fourth-order valence-electron chi connectivity index (χ4n) is 3.40. The molecule has 0 saturated heterocycles. The average Bonchev–Trinajstić information content (AvgIpc) is 3.05. The van der Waals surface area contributed by atoms with Crippen LogP contribution in [0.1, 0.15) is 21.7 Å². The Balaban J connectivity index is 1.80. The quantitative estimate of drug-likeness (QED) is 0.559. The number of ether oxygens (including phenoxy) is 1. The lowest BCUT2D eigenvalue weighted by Crippen LogP contribution is -2.29. The fraction of sp³-hybridized carbons (Fsp3) is 0.136. The van der Waals surface area contributed by atoms with E-state index in [1.807, 2.05) is 37.3 Å². The van der Waals surface area contributed by atoms with E-state index >= 15 is 0 Å². The first kappa shape index (κ1) is 18.5. The number of aromatic amines is 1. The van der Waals surface area contributed by atoms with Gasteiger partial charge in [0.2, 0.25) is 0 Å². The standard InChI is InChI=1S/C22H20N4O3/c1-13-19(21(27)24-16-10-7-11-17(12-16)29-3)22(28)26-20(23-13)18(14(2)25-26)15-8-5-4-6-9-15/h4-12,25H,1-3H3,(H,24,27).